The normalized spacial score (nSPS) is 10.3. The number of furan rings is 1. The van der Waals surface area contributed by atoms with Gasteiger partial charge in [0.25, 0.3) is 0 Å². The van der Waals surface area contributed by atoms with E-state index >= 15 is 0 Å². The van der Waals surface area contributed by atoms with E-state index < -0.39 is 10.9 Å². The molecule has 0 spiro atoms. The Morgan fingerprint density at radius 2 is 2.19 bits per heavy atom. The molecule has 0 radical (unpaired) electrons. The molecule has 82 valence electrons. The summed E-state index contributed by atoms with van der Waals surface area (Å²) >= 11 is 0. The van der Waals surface area contributed by atoms with Gasteiger partial charge < -0.3 is 9.15 Å². The van der Waals surface area contributed by atoms with Crippen molar-refractivity contribution in [2.75, 3.05) is 7.11 Å². The van der Waals surface area contributed by atoms with E-state index in [4.69, 9.17) is 4.42 Å². The van der Waals surface area contributed by atoms with Gasteiger partial charge >= 0.3 is 11.7 Å². The molecule has 0 saturated carbocycles. The number of hydrogen-bond donors (Lipinski definition) is 0. The SMILES string of the molecule is COC(=O)c1ccc([N+](=O)[O-])c2occc12. The predicted octanol–water partition coefficient (Wildman–Crippen LogP) is 2.13. The minimum Gasteiger partial charge on any atom is -0.465 e. The fourth-order valence-corrected chi connectivity index (χ4v) is 1.48. The van der Waals surface area contributed by atoms with Gasteiger partial charge in [0.1, 0.15) is 0 Å². The van der Waals surface area contributed by atoms with Gasteiger partial charge in [-0.1, -0.05) is 0 Å². The Morgan fingerprint density at radius 3 is 2.81 bits per heavy atom. The lowest BCUT2D eigenvalue weighted by Crippen LogP contribution is -2.02. The molecule has 0 aliphatic carbocycles. The van der Waals surface area contributed by atoms with Crippen LogP contribution in [-0.2, 0) is 4.74 Å². The van der Waals surface area contributed by atoms with Crippen molar-refractivity contribution in [2.45, 2.75) is 0 Å². The molecular weight excluding hydrogens is 214 g/mol. The van der Waals surface area contributed by atoms with Gasteiger partial charge in [0, 0.05) is 11.5 Å². The van der Waals surface area contributed by atoms with Gasteiger partial charge in [-0.05, 0) is 12.1 Å². The molecule has 0 N–H and O–H groups in total. The summed E-state index contributed by atoms with van der Waals surface area (Å²) in [6, 6.07) is 4.06. The zero-order valence-electron chi connectivity index (χ0n) is 8.30. The lowest BCUT2D eigenvalue weighted by atomic mass is 10.1. The first-order chi connectivity index (χ1) is 7.65. The summed E-state index contributed by atoms with van der Waals surface area (Å²) in [5, 5.41) is 11.1. The van der Waals surface area contributed by atoms with Crippen LogP contribution in [-0.4, -0.2) is 18.0 Å². The number of nitrogens with zero attached hydrogens (tertiary/aromatic N) is 1. The number of nitro benzene ring substituents is 1. The van der Waals surface area contributed by atoms with E-state index in [0.717, 1.165) is 0 Å². The van der Waals surface area contributed by atoms with E-state index in [2.05, 4.69) is 4.74 Å². The van der Waals surface area contributed by atoms with Crippen LogP contribution in [0, 0.1) is 10.1 Å². The van der Waals surface area contributed by atoms with Gasteiger partial charge in [-0.3, -0.25) is 10.1 Å². The number of rotatable bonds is 2. The summed E-state index contributed by atoms with van der Waals surface area (Å²) in [4.78, 5) is 21.5. The first kappa shape index (κ1) is 10.2. The highest BCUT2D eigenvalue weighted by molar-refractivity contribution is 6.05. The third-order valence-electron chi connectivity index (χ3n) is 2.20. The van der Waals surface area contributed by atoms with Crippen LogP contribution < -0.4 is 0 Å². The second-order valence-corrected chi connectivity index (χ2v) is 3.04. The number of fused-ring (bicyclic) bond motifs is 1. The smallest absolute Gasteiger partial charge is 0.338 e. The van der Waals surface area contributed by atoms with Crippen LogP contribution in [0.15, 0.2) is 28.9 Å². The van der Waals surface area contributed by atoms with E-state index in [1.807, 2.05) is 0 Å². The van der Waals surface area contributed by atoms with E-state index in [0.29, 0.717) is 5.39 Å². The average molecular weight is 221 g/mol. The van der Waals surface area contributed by atoms with E-state index in [9.17, 15) is 14.9 Å². The third kappa shape index (κ3) is 1.40. The first-order valence-corrected chi connectivity index (χ1v) is 4.38. The molecule has 2 rings (SSSR count). The molecule has 0 fully saturated rings. The minimum atomic E-state index is -0.563. The van der Waals surface area contributed by atoms with Crippen molar-refractivity contribution in [3.8, 4) is 0 Å². The Hall–Kier alpha value is -2.37. The van der Waals surface area contributed by atoms with E-state index in [1.165, 1.54) is 31.6 Å². The molecule has 0 bridgehead atoms. The zero-order chi connectivity index (χ0) is 11.7. The molecule has 0 aliphatic heterocycles. The fraction of sp³-hybridized carbons (Fsp3) is 0.100. The summed E-state index contributed by atoms with van der Waals surface area (Å²) in [6.45, 7) is 0. The van der Waals surface area contributed by atoms with Gasteiger partial charge in [0.05, 0.1) is 23.9 Å². The van der Waals surface area contributed by atoms with Crippen LogP contribution >= 0.6 is 0 Å². The Labute approximate surface area is 89.6 Å². The molecule has 1 aromatic heterocycles. The van der Waals surface area contributed by atoms with Crippen LogP contribution in [0.4, 0.5) is 5.69 Å². The van der Waals surface area contributed by atoms with Gasteiger partial charge in [-0.25, -0.2) is 4.79 Å². The van der Waals surface area contributed by atoms with Crippen molar-refractivity contribution in [3.63, 3.8) is 0 Å². The summed E-state index contributed by atoms with van der Waals surface area (Å²) in [6.07, 6.45) is 1.30. The maximum absolute atomic E-state index is 11.4. The van der Waals surface area contributed by atoms with E-state index in [-0.39, 0.29) is 16.8 Å². The van der Waals surface area contributed by atoms with Crippen LogP contribution in [0.3, 0.4) is 0 Å². The molecule has 6 nitrogen and oxygen atoms in total. The molecule has 6 heteroatoms. The van der Waals surface area contributed by atoms with Crippen molar-refractivity contribution in [1.29, 1.82) is 0 Å². The van der Waals surface area contributed by atoms with Crippen molar-refractivity contribution < 1.29 is 18.9 Å². The fourth-order valence-electron chi connectivity index (χ4n) is 1.48. The zero-order valence-corrected chi connectivity index (χ0v) is 8.30. The van der Waals surface area contributed by atoms with Crippen LogP contribution in [0.1, 0.15) is 10.4 Å². The molecule has 1 aromatic carbocycles. The van der Waals surface area contributed by atoms with Crippen molar-refractivity contribution in [2.24, 2.45) is 0 Å². The molecule has 0 atom stereocenters. The van der Waals surface area contributed by atoms with E-state index in [1.54, 1.807) is 0 Å². The summed E-state index contributed by atoms with van der Waals surface area (Å²) in [7, 11) is 1.25. The molecule has 0 amide bonds. The van der Waals surface area contributed by atoms with Gasteiger partial charge in [0.2, 0.25) is 5.58 Å². The first-order valence-electron chi connectivity index (χ1n) is 4.38. The highest BCUT2D eigenvalue weighted by atomic mass is 16.6. The van der Waals surface area contributed by atoms with Crippen LogP contribution in [0.2, 0.25) is 0 Å². The molecule has 0 saturated heterocycles. The van der Waals surface area contributed by atoms with Gasteiger partial charge in [-0.15, -0.1) is 0 Å². The van der Waals surface area contributed by atoms with Gasteiger partial charge in [-0.2, -0.15) is 0 Å². The Bertz CT molecular complexity index is 572. The van der Waals surface area contributed by atoms with Crippen molar-refractivity contribution >= 4 is 22.6 Å². The molecule has 1 heterocycles. The van der Waals surface area contributed by atoms with Crippen molar-refractivity contribution in [3.05, 3.63) is 40.1 Å². The molecule has 0 aliphatic rings. The number of benzene rings is 1. The number of carbonyl (C=O) groups excluding carboxylic acids is 1. The molecular formula is C10H7NO5. The number of methoxy groups -OCH3 is 1. The van der Waals surface area contributed by atoms with Crippen LogP contribution in [0.25, 0.3) is 11.0 Å². The Kier molecular flexibility index (Phi) is 2.32. The third-order valence-corrected chi connectivity index (χ3v) is 2.20. The molecule has 2 aromatic rings. The molecule has 16 heavy (non-hydrogen) atoms. The minimum absolute atomic E-state index is 0.0768. The number of non-ortho nitro benzene ring substituents is 1. The largest absolute Gasteiger partial charge is 0.465 e. The standard InChI is InChI=1S/C10H7NO5/c1-15-10(12)7-2-3-8(11(13)14)9-6(7)4-5-16-9/h2-5H,1H3. The monoisotopic (exact) mass is 221 g/mol. The number of ether oxygens (including phenoxy) is 1. The van der Waals surface area contributed by atoms with Gasteiger partial charge in [0.15, 0.2) is 0 Å². The maximum Gasteiger partial charge on any atom is 0.338 e. The maximum atomic E-state index is 11.4. The number of hydrogen-bond acceptors (Lipinski definition) is 5. The highest BCUT2D eigenvalue weighted by Gasteiger charge is 2.20. The lowest BCUT2D eigenvalue weighted by Gasteiger charge is -2.00. The highest BCUT2D eigenvalue weighted by Crippen LogP contribution is 2.29. The molecule has 0 unspecified atom stereocenters. The second kappa shape index (κ2) is 3.65. The number of carbonyl (C=O) groups is 1. The Balaban J connectivity index is 2.73. The topological polar surface area (TPSA) is 82.6 Å². The predicted molar refractivity (Wildman–Crippen MR) is 54.2 cm³/mol. The quantitative estimate of drug-likeness (QED) is 0.440. The lowest BCUT2D eigenvalue weighted by molar-refractivity contribution is -0.383. The second-order valence-electron chi connectivity index (χ2n) is 3.04. The van der Waals surface area contributed by atoms with Crippen molar-refractivity contribution in [1.82, 2.24) is 0 Å². The summed E-state index contributed by atoms with van der Waals surface area (Å²) in [5.41, 5.74) is 0.150. The number of nitro groups is 1. The summed E-state index contributed by atoms with van der Waals surface area (Å²) in [5.74, 6) is -0.554. The number of esters is 1. The summed E-state index contributed by atoms with van der Waals surface area (Å²) < 4.78 is 9.56. The van der Waals surface area contributed by atoms with Crippen LogP contribution in [0.5, 0.6) is 0 Å². The average Bonchev–Trinajstić information content (AvgIpc) is 2.75. The Morgan fingerprint density at radius 1 is 1.44 bits per heavy atom.